The average molecular weight is 301 g/mol. The molecule has 0 amide bonds. The number of hydrogen-bond donors (Lipinski definition) is 1. The number of nitrogens with zero attached hydrogens (tertiary/aromatic N) is 1. The van der Waals surface area contributed by atoms with Crippen LogP contribution < -0.4 is 10.6 Å². The normalized spacial score (nSPS) is 12.2. The first-order chi connectivity index (χ1) is 7.47. The molecule has 2 nitrogen and oxygen atoms in total. The first-order valence-electron chi connectivity index (χ1n) is 5.29. The maximum Gasteiger partial charge on any atom is 0.104 e. The third kappa shape index (κ3) is 2.95. The van der Waals surface area contributed by atoms with Gasteiger partial charge in [0.1, 0.15) is 4.99 Å². The molecule has 0 aliphatic heterocycles. The van der Waals surface area contributed by atoms with Crippen LogP contribution in [0.5, 0.6) is 0 Å². The second-order valence-corrected chi connectivity index (χ2v) is 5.19. The van der Waals surface area contributed by atoms with Gasteiger partial charge in [0.25, 0.3) is 0 Å². The molecule has 88 valence electrons. The van der Waals surface area contributed by atoms with Crippen LogP contribution in [-0.4, -0.2) is 18.1 Å². The summed E-state index contributed by atoms with van der Waals surface area (Å²) >= 11 is 8.51. The van der Waals surface area contributed by atoms with Gasteiger partial charge in [0.05, 0.1) is 5.69 Å². The van der Waals surface area contributed by atoms with Gasteiger partial charge in [-0.1, -0.05) is 19.1 Å². The number of nitrogens with two attached hydrogens (primary N) is 1. The summed E-state index contributed by atoms with van der Waals surface area (Å²) < 4.78 is 1.03. The summed E-state index contributed by atoms with van der Waals surface area (Å²) in [5.41, 5.74) is 7.65. The Morgan fingerprint density at radius 1 is 1.56 bits per heavy atom. The van der Waals surface area contributed by atoms with Crippen LogP contribution in [0.15, 0.2) is 22.7 Å². The maximum absolute atomic E-state index is 5.59. The zero-order valence-electron chi connectivity index (χ0n) is 9.83. The quantitative estimate of drug-likeness (QED) is 0.865. The molecule has 0 heterocycles. The van der Waals surface area contributed by atoms with Crippen molar-refractivity contribution in [1.82, 2.24) is 0 Å². The molecule has 0 aliphatic carbocycles. The van der Waals surface area contributed by atoms with E-state index in [1.54, 1.807) is 0 Å². The molecule has 0 saturated carbocycles. The molecule has 16 heavy (non-hydrogen) atoms. The highest BCUT2D eigenvalue weighted by Crippen LogP contribution is 2.28. The van der Waals surface area contributed by atoms with Crippen LogP contribution in [0.25, 0.3) is 0 Å². The van der Waals surface area contributed by atoms with Gasteiger partial charge in [-0.3, -0.25) is 0 Å². The van der Waals surface area contributed by atoms with Gasteiger partial charge >= 0.3 is 0 Å². The molecule has 2 N–H and O–H groups in total. The Morgan fingerprint density at radius 2 is 2.19 bits per heavy atom. The third-order valence-electron chi connectivity index (χ3n) is 2.86. The lowest BCUT2D eigenvalue weighted by atomic mass is 10.1. The van der Waals surface area contributed by atoms with Crippen molar-refractivity contribution in [3.8, 4) is 0 Å². The smallest absolute Gasteiger partial charge is 0.104 e. The van der Waals surface area contributed by atoms with Crippen molar-refractivity contribution < 1.29 is 0 Å². The van der Waals surface area contributed by atoms with Gasteiger partial charge < -0.3 is 10.6 Å². The van der Waals surface area contributed by atoms with Crippen LogP contribution in [0.1, 0.15) is 25.8 Å². The number of thiocarbonyl (C=S) groups is 1. The molecule has 0 bridgehead atoms. The highest BCUT2D eigenvalue weighted by Gasteiger charge is 2.11. The van der Waals surface area contributed by atoms with Gasteiger partial charge in [0, 0.05) is 23.1 Å². The number of anilines is 1. The van der Waals surface area contributed by atoms with Crippen LogP contribution in [0.2, 0.25) is 0 Å². The Labute approximate surface area is 111 Å². The van der Waals surface area contributed by atoms with E-state index in [9.17, 15) is 0 Å². The first-order valence-corrected chi connectivity index (χ1v) is 6.49. The van der Waals surface area contributed by atoms with E-state index < -0.39 is 0 Å². The van der Waals surface area contributed by atoms with E-state index in [0.29, 0.717) is 11.0 Å². The number of rotatable bonds is 4. The summed E-state index contributed by atoms with van der Waals surface area (Å²) in [6.07, 6.45) is 1.11. The summed E-state index contributed by atoms with van der Waals surface area (Å²) in [6, 6.07) is 6.48. The van der Waals surface area contributed by atoms with E-state index in [4.69, 9.17) is 18.0 Å². The lowest BCUT2D eigenvalue weighted by molar-refractivity contribution is 0.663. The number of halogens is 1. The molecule has 1 aromatic carbocycles. The summed E-state index contributed by atoms with van der Waals surface area (Å²) in [4.78, 5) is 2.67. The Morgan fingerprint density at radius 3 is 2.62 bits per heavy atom. The topological polar surface area (TPSA) is 29.3 Å². The van der Waals surface area contributed by atoms with E-state index in [0.717, 1.165) is 22.1 Å². The van der Waals surface area contributed by atoms with Gasteiger partial charge in [0.2, 0.25) is 0 Å². The zero-order chi connectivity index (χ0) is 12.3. The van der Waals surface area contributed by atoms with Crippen molar-refractivity contribution in [3.05, 3.63) is 28.2 Å². The van der Waals surface area contributed by atoms with Crippen LogP contribution in [0.3, 0.4) is 0 Å². The molecular formula is C12H17BrN2S. The molecular weight excluding hydrogens is 284 g/mol. The summed E-state index contributed by atoms with van der Waals surface area (Å²) in [5.74, 6) is 0. The van der Waals surface area contributed by atoms with Crippen LogP contribution in [-0.2, 0) is 0 Å². The molecule has 1 unspecified atom stereocenters. The summed E-state index contributed by atoms with van der Waals surface area (Å²) in [6.45, 7) is 4.38. The lowest BCUT2D eigenvalue weighted by Crippen LogP contribution is -2.28. The summed E-state index contributed by atoms with van der Waals surface area (Å²) in [5, 5.41) is 0. The minimum atomic E-state index is 0.429. The Balaban J connectivity index is 3.03. The second kappa shape index (κ2) is 5.64. The predicted octanol–water partition coefficient (Wildman–Crippen LogP) is 3.32. The standard InChI is InChI=1S/C12H17BrN2S/c1-4-8(2)15(3)11-6-5-9(12(14)16)7-10(11)13/h5-8H,4H2,1-3H3,(H2,14,16). The molecule has 0 aliphatic rings. The minimum absolute atomic E-state index is 0.429. The monoisotopic (exact) mass is 300 g/mol. The molecule has 1 atom stereocenters. The van der Waals surface area contributed by atoms with Crippen LogP contribution in [0, 0.1) is 0 Å². The van der Waals surface area contributed by atoms with Gasteiger partial charge in [-0.05, 0) is 47.5 Å². The van der Waals surface area contributed by atoms with Gasteiger partial charge in [-0.25, -0.2) is 0 Å². The van der Waals surface area contributed by atoms with Crippen molar-refractivity contribution in [3.63, 3.8) is 0 Å². The third-order valence-corrected chi connectivity index (χ3v) is 3.74. The molecule has 0 saturated heterocycles. The largest absolute Gasteiger partial charge is 0.389 e. The van der Waals surface area contributed by atoms with Crippen LogP contribution in [0.4, 0.5) is 5.69 Å². The van der Waals surface area contributed by atoms with Crippen molar-refractivity contribution in [2.24, 2.45) is 5.73 Å². The van der Waals surface area contributed by atoms with Gasteiger partial charge in [-0.2, -0.15) is 0 Å². The Hall–Kier alpha value is -0.610. The SMILES string of the molecule is CCC(C)N(C)c1ccc(C(N)=S)cc1Br. The predicted molar refractivity (Wildman–Crippen MR) is 78.2 cm³/mol. The maximum atomic E-state index is 5.59. The van der Waals surface area contributed by atoms with E-state index >= 15 is 0 Å². The molecule has 0 fully saturated rings. The van der Waals surface area contributed by atoms with Crippen molar-refractivity contribution in [2.45, 2.75) is 26.3 Å². The Kier molecular flexibility index (Phi) is 4.74. The van der Waals surface area contributed by atoms with Crippen molar-refractivity contribution in [2.75, 3.05) is 11.9 Å². The minimum Gasteiger partial charge on any atom is -0.389 e. The molecule has 0 aromatic heterocycles. The fourth-order valence-electron chi connectivity index (χ4n) is 1.46. The zero-order valence-corrected chi connectivity index (χ0v) is 12.2. The van der Waals surface area contributed by atoms with E-state index in [2.05, 4.69) is 41.7 Å². The first kappa shape index (κ1) is 13.5. The van der Waals surface area contributed by atoms with E-state index in [-0.39, 0.29) is 0 Å². The fourth-order valence-corrected chi connectivity index (χ4v) is 2.24. The second-order valence-electron chi connectivity index (χ2n) is 3.90. The fraction of sp³-hybridized carbons (Fsp3) is 0.417. The van der Waals surface area contributed by atoms with Crippen molar-refractivity contribution in [1.29, 1.82) is 0 Å². The molecule has 0 spiro atoms. The van der Waals surface area contributed by atoms with E-state index in [1.165, 1.54) is 0 Å². The molecule has 0 radical (unpaired) electrons. The lowest BCUT2D eigenvalue weighted by Gasteiger charge is -2.27. The Bertz CT molecular complexity index is 393. The molecule has 1 rings (SSSR count). The van der Waals surface area contributed by atoms with Gasteiger partial charge in [-0.15, -0.1) is 0 Å². The van der Waals surface area contributed by atoms with E-state index in [1.807, 2.05) is 18.2 Å². The summed E-state index contributed by atoms with van der Waals surface area (Å²) in [7, 11) is 2.09. The highest BCUT2D eigenvalue weighted by molar-refractivity contribution is 9.10. The number of benzene rings is 1. The average Bonchev–Trinajstić information content (AvgIpc) is 2.26. The molecule has 4 heteroatoms. The van der Waals surface area contributed by atoms with Crippen molar-refractivity contribution >= 4 is 38.8 Å². The highest BCUT2D eigenvalue weighted by atomic mass is 79.9. The number of hydrogen-bond acceptors (Lipinski definition) is 2. The van der Waals surface area contributed by atoms with Crippen LogP contribution >= 0.6 is 28.1 Å². The van der Waals surface area contributed by atoms with Gasteiger partial charge in [0.15, 0.2) is 0 Å². The molecule has 1 aromatic rings.